The number of aromatic amines is 1. The minimum Gasteiger partial charge on any atom is -0.454 e. The Hall–Kier alpha value is -4.02. The lowest BCUT2D eigenvalue weighted by atomic mass is 9.88. The molecule has 0 bridgehead atoms. The third-order valence-corrected chi connectivity index (χ3v) is 8.54. The van der Waals surface area contributed by atoms with Crippen LogP contribution in [-0.4, -0.2) is 42.5 Å². The number of hydrogen-bond donors (Lipinski definition) is 2. The lowest BCUT2D eigenvalue weighted by molar-refractivity contribution is -0.120. The number of imidazole rings is 1. The zero-order valence-corrected chi connectivity index (χ0v) is 21.3. The van der Waals surface area contributed by atoms with Gasteiger partial charge in [-0.15, -0.1) is 0 Å². The molecule has 38 heavy (non-hydrogen) atoms. The van der Waals surface area contributed by atoms with Crippen LogP contribution >= 0.6 is 0 Å². The molecular formula is C28H26N4O5S. The van der Waals surface area contributed by atoms with Gasteiger partial charge < -0.3 is 14.5 Å². The molecule has 0 atom stereocenters. The smallest absolute Gasteiger partial charge is 0.240 e. The molecule has 0 amide bonds. The monoisotopic (exact) mass is 530 g/mol. The van der Waals surface area contributed by atoms with E-state index in [2.05, 4.69) is 14.7 Å². The number of fused-ring (bicyclic) bond motifs is 1. The zero-order valence-electron chi connectivity index (χ0n) is 20.5. The van der Waals surface area contributed by atoms with E-state index >= 15 is 0 Å². The van der Waals surface area contributed by atoms with Gasteiger partial charge in [-0.1, -0.05) is 24.3 Å². The topological polar surface area (TPSA) is 123 Å². The van der Waals surface area contributed by atoms with E-state index in [1.165, 1.54) is 0 Å². The van der Waals surface area contributed by atoms with Crippen LogP contribution in [0, 0.1) is 0 Å². The number of ketones is 1. The number of benzene rings is 2. The number of pyridine rings is 1. The third-order valence-electron chi connectivity index (χ3n) is 7.06. The lowest BCUT2D eigenvalue weighted by Gasteiger charge is -2.15. The van der Waals surface area contributed by atoms with Crippen molar-refractivity contribution in [3.05, 3.63) is 90.1 Å². The van der Waals surface area contributed by atoms with Gasteiger partial charge >= 0.3 is 0 Å². The fourth-order valence-corrected chi connectivity index (χ4v) is 5.78. The highest BCUT2D eigenvalue weighted by Gasteiger charge is 2.51. The fourth-order valence-electron chi connectivity index (χ4n) is 4.75. The Kier molecular flexibility index (Phi) is 6.21. The van der Waals surface area contributed by atoms with Crippen molar-refractivity contribution in [1.29, 1.82) is 0 Å². The fraction of sp³-hybridized carbons (Fsp3) is 0.250. The molecule has 0 spiro atoms. The first-order valence-corrected chi connectivity index (χ1v) is 13.9. The molecule has 0 radical (unpaired) electrons. The van der Waals surface area contributed by atoms with Crippen LogP contribution in [0.2, 0.25) is 0 Å². The molecule has 1 aliphatic heterocycles. The second-order valence-corrected chi connectivity index (χ2v) is 11.3. The second kappa shape index (κ2) is 9.70. The van der Waals surface area contributed by atoms with Crippen molar-refractivity contribution in [3.8, 4) is 22.8 Å². The number of H-pyrrole nitrogens is 1. The number of Topliss-reactive ketones (excluding diaryl/α,β-unsaturated/α-hetero) is 1. The molecule has 10 heteroatoms. The minimum absolute atomic E-state index is 0.128. The summed E-state index contributed by atoms with van der Waals surface area (Å²) in [6, 6.07) is 17.9. The van der Waals surface area contributed by atoms with E-state index in [0.29, 0.717) is 29.3 Å². The molecular weight excluding hydrogens is 504 g/mol. The van der Waals surface area contributed by atoms with Gasteiger partial charge in [-0.25, -0.2) is 18.1 Å². The minimum atomic E-state index is -3.64. The molecule has 0 saturated heterocycles. The van der Waals surface area contributed by atoms with E-state index in [1.807, 2.05) is 36.4 Å². The first-order valence-electron chi connectivity index (χ1n) is 12.4. The molecule has 4 aromatic rings. The number of nitrogens with zero attached hydrogens (tertiary/aromatic N) is 2. The number of nitrogens with one attached hydrogen (secondary N) is 2. The quantitative estimate of drug-likeness (QED) is 0.321. The first-order chi connectivity index (χ1) is 18.4. The third kappa shape index (κ3) is 4.80. The molecule has 1 saturated carbocycles. The van der Waals surface area contributed by atoms with E-state index in [1.54, 1.807) is 36.8 Å². The summed E-state index contributed by atoms with van der Waals surface area (Å²) in [6.07, 6.45) is 5.57. The standard InChI is InChI=1S/C28H26N4O5S/c33-27(28(11-12-28)20-6-9-25-26(14-20)37-18-36-25)15-21-2-1-3-24(32-21)19-4-7-23(8-5-19)38(34,35)31-13-10-22-16-29-17-30-22/h1-9,14,16-17,31H,10-13,15,18H2,(H,29,30). The van der Waals surface area contributed by atoms with Gasteiger partial charge in [0, 0.05) is 42.5 Å². The maximum atomic E-state index is 13.4. The van der Waals surface area contributed by atoms with Crippen LogP contribution in [0.25, 0.3) is 11.3 Å². The molecule has 6 rings (SSSR count). The number of sulfonamides is 1. The van der Waals surface area contributed by atoms with Crippen LogP contribution < -0.4 is 14.2 Å². The van der Waals surface area contributed by atoms with Crippen LogP contribution in [0.3, 0.4) is 0 Å². The average molecular weight is 531 g/mol. The maximum Gasteiger partial charge on any atom is 0.240 e. The van der Waals surface area contributed by atoms with Crippen LogP contribution in [0.5, 0.6) is 11.5 Å². The Balaban J connectivity index is 1.13. The van der Waals surface area contributed by atoms with Gasteiger partial charge in [0.05, 0.1) is 22.3 Å². The zero-order chi connectivity index (χ0) is 26.2. The summed E-state index contributed by atoms with van der Waals surface area (Å²) in [6.45, 7) is 0.462. The largest absolute Gasteiger partial charge is 0.454 e. The second-order valence-electron chi connectivity index (χ2n) is 9.51. The van der Waals surface area contributed by atoms with Crippen molar-refractivity contribution in [1.82, 2.24) is 19.7 Å². The van der Waals surface area contributed by atoms with Gasteiger partial charge in [0.1, 0.15) is 5.78 Å². The summed E-state index contributed by atoms with van der Waals surface area (Å²) in [4.78, 5) is 25.1. The summed E-state index contributed by atoms with van der Waals surface area (Å²) in [5.41, 5.74) is 3.44. The number of rotatable bonds is 10. The molecule has 2 aliphatic rings. The Morgan fingerprint density at radius 3 is 2.61 bits per heavy atom. The summed E-state index contributed by atoms with van der Waals surface area (Å²) in [5, 5.41) is 0. The molecule has 2 aromatic heterocycles. The lowest BCUT2D eigenvalue weighted by Crippen LogP contribution is -2.26. The highest BCUT2D eigenvalue weighted by molar-refractivity contribution is 7.89. The van der Waals surface area contributed by atoms with Gasteiger partial charge in [0.15, 0.2) is 11.5 Å². The van der Waals surface area contributed by atoms with Crippen molar-refractivity contribution in [2.45, 2.75) is 36.0 Å². The number of hydrogen-bond acceptors (Lipinski definition) is 7. The van der Waals surface area contributed by atoms with Crippen LogP contribution in [0.4, 0.5) is 0 Å². The molecule has 9 nitrogen and oxygen atoms in total. The predicted octanol–water partition coefficient (Wildman–Crippen LogP) is 3.56. The number of ether oxygens (including phenoxy) is 2. The van der Waals surface area contributed by atoms with Gasteiger partial charge in [0.25, 0.3) is 0 Å². The number of carbonyl (C=O) groups excluding carboxylic acids is 1. The van der Waals surface area contributed by atoms with Crippen LogP contribution in [0.1, 0.15) is 29.8 Å². The molecule has 1 fully saturated rings. The van der Waals surface area contributed by atoms with Gasteiger partial charge in [0.2, 0.25) is 16.8 Å². The Morgan fingerprint density at radius 1 is 1.03 bits per heavy atom. The van der Waals surface area contributed by atoms with Crippen molar-refractivity contribution < 1.29 is 22.7 Å². The molecule has 2 N–H and O–H groups in total. The van der Waals surface area contributed by atoms with Crippen molar-refractivity contribution in [2.75, 3.05) is 13.3 Å². The highest BCUT2D eigenvalue weighted by Crippen LogP contribution is 2.51. The molecule has 0 unspecified atom stereocenters. The Labute approximate surface area is 220 Å². The van der Waals surface area contributed by atoms with Crippen molar-refractivity contribution in [3.63, 3.8) is 0 Å². The van der Waals surface area contributed by atoms with Crippen molar-refractivity contribution >= 4 is 15.8 Å². The van der Waals surface area contributed by atoms with E-state index < -0.39 is 15.4 Å². The summed E-state index contributed by atoms with van der Waals surface area (Å²) >= 11 is 0. The summed E-state index contributed by atoms with van der Waals surface area (Å²) in [5.74, 6) is 1.51. The highest BCUT2D eigenvalue weighted by atomic mass is 32.2. The summed E-state index contributed by atoms with van der Waals surface area (Å²) in [7, 11) is -3.64. The van der Waals surface area contributed by atoms with Gasteiger partial charge in [-0.05, 0) is 54.8 Å². The molecule has 1 aliphatic carbocycles. The Bertz CT molecular complexity index is 1580. The maximum absolute atomic E-state index is 13.4. The molecule has 2 aromatic carbocycles. The molecule has 3 heterocycles. The van der Waals surface area contributed by atoms with Gasteiger partial charge in [-0.3, -0.25) is 9.78 Å². The SMILES string of the molecule is O=C(Cc1cccc(-c2ccc(S(=O)(=O)NCCc3cnc[nH]3)cc2)n1)C1(c2ccc3c(c2)OCO3)CC1. The van der Waals surface area contributed by atoms with Crippen LogP contribution in [-0.2, 0) is 33.1 Å². The van der Waals surface area contributed by atoms with E-state index in [4.69, 9.17) is 14.5 Å². The van der Waals surface area contributed by atoms with Crippen LogP contribution in [0.15, 0.2) is 78.1 Å². The van der Waals surface area contributed by atoms with E-state index in [9.17, 15) is 13.2 Å². The molecule has 194 valence electrons. The number of aromatic nitrogens is 3. The predicted molar refractivity (Wildman–Crippen MR) is 139 cm³/mol. The Morgan fingerprint density at radius 2 is 1.84 bits per heavy atom. The average Bonchev–Trinajstić information content (AvgIpc) is 3.33. The van der Waals surface area contributed by atoms with E-state index in [0.717, 1.165) is 29.7 Å². The summed E-state index contributed by atoms with van der Waals surface area (Å²) < 4.78 is 38.8. The van der Waals surface area contributed by atoms with E-state index in [-0.39, 0.29) is 30.4 Å². The van der Waals surface area contributed by atoms with Gasteiger partial charge in [-0.2, -0.15) is 0 Å². The number of carbonyl (C=O) groups is 1. The van der Waals surface area contributed by atoms with Crippen molar-refractivity contribution in [2.24, 2.45) is 0 Å². The first kappa shape index (κ1) is 24.3. The normalized spacial score (nSPS) is 15.4.